The molecule has 3 rings (SSSR count). The maximum atomic E-state index is 13.1. The Morgan fingerprint density at radius 1 is 1.11 bits per heavy atom. The lowest BCUT2D eigenvalue weighted by atomic mass is 10.1. The molecule has 0 aliphatic heterocycles. The largest absolute Gasteiger partial charge is 0.419 e. The minimum absolute atomic E-state index is 0.102. The van der Waals surface area contributed by atoms with Gasteiger partial charge in [0.15, 0.2) is 0 Å². The van der Waals surface area contributed by atoms with Crippen LogP contribution in [0.25, 0.3) is 11.5 Å². The molecule has 1 aromatic heterocycles. The summed E-state index contributed by atoms with van der Waals surface area (Å²) in [6.45, 7) is 2.76. The molecule has 8 heteroatoms. The molecule has 1 heterocycles. The van der Waals surface area contributed by atoms with Crippen molar-refractivity contribution in [1.82, 2.24) is 4.98 Å². The Kier molecular flexibility index (Phi) is 5.98. The smallest absolute Gasteiger partial charge is 0.233 e. The monoisotopic (exact) mass is 450 g/mol. The third-order valence-corrected chi connectivity index (χ3v) is 6.07. The van der Waals surface area contributed by atoms with E-state index >= 15 is 0 Å². The minimum Gasteiger partial charge on any atom is -0.419 e. The van der Waals surface area contributed by atoms with E-state index < -0.39 is 9.84 Å². The number of rotatable bonds is 7. The van der Waals surface area contributed by atoms with E-state index in [1.54, 1.807) is 19.2 Å². The zero-order chi connectivity index (χ0) is 19.4. The number of sulfone groups is 1. The number of nitrogens with zero attached hydrogens (tertiary/aromatic N) is 1. The summed E-state index contributed by atoms with van der Waals surface area (Å²) in [6, 6.07) is 13.9. The first-order chi connectivity index (χ1) is 12.9. The molecule has 0 spiro atoms. The molecule has 0 saturated carbocycles. The summed E-state index contributed by atoms with van der Waals surface area (Å²) in [4.78, 5) is 4.43. The Morgan fingerprint density at radius 3 is 2.41 bits per heavy atom. The molecule has 27 heavy (non-hydrogen) atoms. The molecule has 0 unspecified atom stereocenters. The van der Waals surface area contributed by atoms with Crippen LogP contribution >= 0.6 is 15.9 Å². The van der Waals surface area contributed by atoms with E-state index in [4.69, 9.17) is 9.15 Å². The molecule has 0 saturated heterocycles. The number of hydrogen-bond acceptors (Lipinski definition) is 6. The summed E-state index contributed by atoms with van der Waals surface area (Å²) < 4.78 is 37.7. The van der Waals surface area contributed by atoms with Crippen molar-refractivity contribution >= 4 is 31.7 Å². The molecule has 0 radical (unpaired) electrons. The highest BCUT2D eigenvalue weighted by Gasteiger charge is 2.28. The van der Waals surface area contributed by atoms with Crippen LogP contribution in [-0.4, -0.2) is 33.7 Å². The normalized spacial score (nSPS) is 11.5. The van der Waals surface area contributed by atoms with Gasteiger partial charge in [-0.3, -0.25) is 0 Å². The molecule has 0 fully saturated rings. The summed E-state index contributed by atoms with van der Waals surface area (Å²) in [5.41, 5.74) is 1.79. The van der Waals surface area contributed by atoms with Crippen molar-refractivity contribution in [1.29, 1.82) is 0 Å². The molecule has 2 aromatic carbocycles. The van der Waals surface area contributed by atoms with E-state index in [2.05, 4.69) is 26.2 Å². The summed E-state index contributed by atoms with van der Waals surface area (Å²) in [6.07, 6.45) is 0. The van der Waals surface area contributed by atoms with Gasteiger partial charge in [-0.05, 0) is 43.3 Å². The molecular formula is C19H19BrN2O4S. The zero-order valence-electron chi connectivity index (χ0n) is 14.9. The SMILES string of the molecule is COCCNc1oc(-c2ccc(C)cc2)nc1S(=O)(=O)c1ccc(Br)cc1. The molecule has 142 valence electrons. The molecular weight excluding hydrogens is 432 g/mol. The van der Waals surface area contributed by atoms with Gasteiger partial charge in [-0.1, -0.05) is 33.6 Å². The number of aromatic nitrogens is 1. The van der Waals surface area contributed by atoms with Crippen LogP contribution in [0.15, 0.2) is 67.3 Å². The number of aryl methyl sites for hydroxylation is 1. The van der Waals surface area contributed by atoms with Crippen LogP contribution in [0.4, 0.5) is 5.88 Å². The lowest BCUT2D eigenvalue weighted by molar-refractivity contribution is 0.210. The molecule has 0 amide bonds. The maximum Gasteiger partial charge on any atom is 0.233 e. The van der Waals surface area contributed by atoms with Crippen LogP contribution in [0, 0.1) is 6.92 Å². The van der Waals surface area contributed by atoms with Crippen molar-refractivity contribution in [3.8, 4) is 11.5 Å². The second-order valence-electron chi connectivity index (χ2n) is 5.90. The van der Waals surface area contributed by atoms with E-state index in [0.717, 1.165) is 10.0 Å². The quantitative estimate of drug-likeness (QED) is 0.540. The molecule has 0 aliphatic rings. The number of methoxy groups -OCH3 is 1. The van der Waals surface area contributed by atoms with E-state index in [1.807, 2.05) is 31.2 Å². The fraction of sp³-hybridized carbons (Fsp3) is 0.211. The van der Waals surface area contributed by atoms with Crippen molar-refractivity contribution in [2.75, 3.05) is 25.6 Å². The van der Waals surface area contributed by atoms with Crippen molar-refractivity contribution in [3.63, 3.8) is 0 Å². The van der Waals surface area contributed by atoms with Crippen LogP contribution in [0.3, 0.4) is 0 Å². The van der Waals surface area contributed by atoms with Crippen LogP contribution in [0.2, 0.25) is 0 Å². The van der Waals surface area contributed by atoms with Gasteiger partial charge in [0.2, 0.25) is 26.6 Å². The summed E-state index contributed by atoms with van der Waals surface area (Å²) in [7, 11) is -2.28. The second-order valence-corrected chi connectivity index (χ2v) is 8.68. The van der Waals surface area contributed by atoms with Crippen LogP contribution in [-0.2, 0) is 14.6 Å². The maximum absolute atomic E-state index is 13.1. The first kappa shape index (κ1) is 19.6. The average Bonchev–Trinajstić information content (AvgIpc) is 3.08. The van der Waals surface area contributed by atoms with Crippen molar-refractivity contribution < 1.29 is 17.6 Å². The molecule has 0 bridgehead atoms. The first-order valence-corrected chi connectivity index (χ1v) is 10.5. The van der Waals surface area contributed by atoms with Crippen LogP contribution in [0.1, 0.15) is 5.56 Å². The van der Waals surface area contributed by atoms with Gasteiger partial charge in [0, 0.05) is 23.7 Å². The van der Waals surface area contributed by atoms with Crippen LogP contribution in [0.5, 0.6) is 0 Å². The molecule has 1 N–H and O–H groups in total. The average molecular weight is 451 g/mol. The number of benzene rings is 2. The number of halogens is 1. The van der Waals surface area contributed by atoms with Gasteiger partial charge < -0.3 is 14.5 Å². The highest BCUT2D eigenvalue weighted by molar-refractivity contribution is 9.10. The predicted molar refractivity (Wildman–Crippen MR) is 107 cm³/mol. The van der Waals surface area contributed by atoms with E-state index in [0.29, 0.717) is 18.7 Å². The summed E-state index contributed by atoms with van der Waals surface area (Å²) >= 11 is 3.31. The second kappa shape index (κ2) is 8.24. The fourth-order valence-corrected chi connectivity index (χ4v) is 3.95. The molecule has 6 nitrogen and oxygen atoms in total. The van der Waals surface area contributed by atoms with Gasteiger partial charge >= 0.3 is 0 Å². The van der Waals surface area contributed by atoms with Gasteiger partial charge in [0.05, 0.1) is 11.5 Å². The molecule has 0 aliphatic carbocycles. The Labute approximate surface area is 166 Å². The number of oxazole rings is 1. The molecule has 3 aromatic rings. The number of nitrogens with one attached hydrogen (secondary N) is 1. The van der Waals surface area contributed by atoms with E-state index in [1.165, 1.54) is 12.1 Å². The fourth-order valence-electron chi connectivity index (χ4n) is 2.41. The lowest BCUT2D eigenvalue weighted by Crippen LogP contribution is -2.11. The van der Waals surface area contributed by atoms with Crippen molar-refractivity contribution in [2.45, 2.75) is 16.8 Å². The van der Waals surface area contributed by atoms with E-state index in [-0.39, 0.29) is 21.7 Å². The summed E-state index contributed by atoms with van der Waals surface area (Å²) in [5, 5.41) is 2.82. The number of ether oxygens (including phenoxy) is 1. The zero-order valence-corrected chi connectivity index (χ0v) is 17.3. The van der Waals surface area contributed by atoms with Gasteiger partial charge in [-0.25, -0.2) is 8.42 Å². The number of hydrogen-bond donors (Lipinski definition) is 1. The lowest BCUT2D eigenvalue weighted by Gasteiger charge is -2.05. The van der Waals surface area contributed by atoms with Gasteiger partial charge in [0.25, 0.3) is 0 Å². The van der Waals surface area contributed by atoms with Gasteiger partial charge in [0.1, 0.15) is 0 Å². The number of anilines is 1. The Bertz CT molecular complexity index is 1010. The Balaban J connectivity index is 2.06. The summed E-state index contributed by atoms with van der Waals surface area (Å²) in [5.74, 6) is 0.344. The van der Waals surface area contributed by atoms with E-state index in [9.17, 15) is 8.42 Å². The highest BCUT2D eigenvalue weighted by atomic mass is 79.9. The van der Waals surface area contributed by atoms with Gasteiger partial charge in [-0.15, -0.1) is 0 Å². The molecule has 0 atom stereocenters. The minimum atomic E-state index is -3.85. The Hall–Kier alpha value is -2.16. The third kappa shape index (κ3) is 4.40. The first-order valence-electron chi connectivity index (χ1n) is 8.23. The standard InChI is InChI=1S/C19H19BrN2O4S/c1-13-3-5-14(6-4-13)17-22-19(18(26-17)21-11-12-25-2)27(23,24)16-9-7-15(20)8-10-16/h3-10,21H,11-12H2,1-2H3. The van der Waals surface area contributed by atoms with Crippen molar-refractivity contribution in [3.05, 3.63) is 58.6 Å². The van der Waals surface area contributed by atoms with Crippen LogP contribution < -0.4 is 5.32 Å². The topological polar surface area (TPSA) is 81.4 Å². The predicted octanol–water partition coefficient (Wildman–Crippen LogP) is 4.30. The third-order valence-electron chi connectivity index (χ3n) is 3.86. The van der Waals surface area contributed by atoms with Gasteiger partial charge in [-0.2, -0.15) is 4.98 Å². The Morgan fingerprint density at radius 2 is 1.78 bits per heavy atom. The highest BCUT2D eigenvalue weighted by Crippen LogP contribution is 2.32. The van der Waals surface area contributed by atoms with Crippen molar-refractivity contribution in [2.24, 2.45) is 0 Å².